The second kappa shape index (κ2) is 8.07. The first-order valence-electron chi connectivity index (χ1n) is 13.1. The van der Waals surface area contributed by atoms with Crippen LogP contribution in [0.25, 0.3) is 32.3 Å². The highest BCUT2D eigenvalue weighted by Crippen LogP contribution is 2.53. The Morgan fingerprint density at radius 3 is 1.97 bits per heavy atom. The number of hydrogen-bond donors (Lipinski definition) is 0. The maximum atomic E-state index is 2.49. The summed E-state index contributed by atoms with van der Waals surface area (Å²) in [6.45, 7) is 4.63. The molecule has 2 aliphatic rings. The van der Waals surface area contributed by atoms with Crippen molar-refractivity contribution in [3.63, 3.8) is 0 Å². The minimum Gasteiger partial charge on any atom is -0.0839 e. The van der Waals surface area contributed by atoms with Gasteiger partial charge in [-0.1, -0.05) is 128 Å². The van der Waals surface area contributed by atoms with E-state index in [-0.39, 0.29) is 5.41 Å². The average Bonchev–Trinajstić information content (AvgIpc) is 2.93. The summed E-state index contributed by atoms with van der Waals surface area (Å²) in [6, 6.07) is 34.2. The molecule has 0 aromatic heterocycles. The Labute approximate surface area is 213 Å². The van der Waals surface area contributed by atoms with Crippen LogP contribution in [0.4, 0.5) is 0 Å². The van der Waals surface area contributed by atoms with Crippen LogP contribution in [0.15, 0.2) is 127 Å². The van der Waals surface area contributed by atoms with Gasteiger partial charge in [-0.15, -0.1) is 0 Å². The summed E-state index contributed by atoms with van der Waals surface area (Å²) in [5.41, 5.74) is 5.49. The van der Waals surface area contributed by atoms with Gasteiger partial charge in [0, 0.05) is 11.3 Å². The van der Waals surface area contributed by atoms with Crippen molar-refractivity contribution >= 4 is 32.3 Å². The zero-order chi connectivity index (χ0) is 24.3. The lowest BCUT2D eigenvalue weighted by Crippen LogP contribution is -2.37. The van der Waals surface area contributed by atoms with Crippen molar-refractivity contribution < 1.29 is 0 Å². The third-order valence-corrected chi connectivity index (χ3v) is 8.72. The normalized spacial score (nSPS) is 23.2. The van der Waals surface area contributed by atoms with Gasteiger partial charge in [-0.25, -0.2) is 0 Å². The second-order valence-corrected chi connectivity index (χ2v) is 10.8. The highest BCUT2D eigenvalue weighted by atomic mass is 14.5. The molecule has 0 heteroatoms. The fourth-order valence-electron chi connectivity index (χ4n) is 6.83. The number of benzene rings is 5. The predicted molar refractivity (Wildman–Crippen MR) is 155 cm³/mol. The van der Waals surface area contributed by atoms with Gasteiger partial charge >= 0.3 is 0 Å². The molecule has 0 saturated carbocycles. The molecule has 0 N–H and O–H groups in total. The molecule has 0 spiro atoms. The number of fused-ring (bicyclic) bond motifs is 7. The van der Waals surface area contributed by atoms with E-state index < -0.39 is 0 Å². The highest BCUT2D eigenvalue weighted by molar-refractivity contribution is 6.25. The molecule has 0 nitrogen and oxygen atoms in total. The third kappa shape index (κ3) is 3.14. The summed E-state index contributed by atoms with van der Waals surface area (Å²) in [4.78, 5) is 0. The van der Waals surface area contributed by atoms with Crippen molar-refractivity contribution in [3.8, 4) is 0 Å². The lowest BCUT2D eigenvalue weighted by Gasteiger charge is -2.45. The smallest absolute Gasteiger partial charge is 0.0182 e. The largest absolute Gasteiger partial charge is 0.0839 e. The van der Waals surface area contributed by atoms with Gasteiger partial charge < -0.3 is 0 Å². The minimum absolute atomic E-state index is 0.108. The van der Waals surface area contributed by atoms with Crippen LogP contribution in [0.2, 0.25) is 0 Å². The first kappa shape index (κ1) is 21.4. The van der Waals surface area contributed by atoms with Crippen LogP contribution < -0.4 is 0 Å². The molecule has 174 valence electrons. The Morgan fingerprint density at radius 1 is 0.694 bits per heavy atom. The first-order valence-corrected chi connectivity index (χ1v) is 13.1. The molecule has 2 aliphatic carbocycles. The van der Waals surface area contributed by atoms with Gasteiger partial charge in [-0.2, -0.15) is 0 Å². The van der Waals surface area contributed by atoms with Crippen molar-refractivity contribution in [2.45, 2.75) is 31.6 Å². The molecule has 0 heterocycles. The van der Waals surface area contributed by atoms with E-state index in [1.165, 1.54) is 54.6 Å². The Hall–Kier alpha value is -3.90. The van der Waals surface area contributed by atoms with E-state index in [4.69, 9.17) is 0 Å². The molecule has 5 aromatic rings. The third-order valence-electron chi connectivity index (χ3n) is 8.72. The summed E-state index contributed by atoms with van der Waals surface area (Å²) < 4.78 is 0. The van der Waals surface area contributed by atoms with E-state index in [0.717, 1.165) is 6.42 Å². The van der Waals surface area contributed by atoms with Crippen molar-refractivity contribution in [1.29, 1.82) is 0 Å². The molecular formula is C36H30. The first-order chi connectivity index (χ1) is 17.6. The zero-order valence-corrected chi connectivity index (χ0v) is 20.9. The second-order valence-electron chi connectivity index (χ2n) is 10.8. The van der Waals surface area contributed by atoms with E-state index in [1.807, 2.05) is 0 Å². The van der Waals surface area contributed by atoms with Gasteiger partial charge in [0.25, 0.3) is 0 Å². The molecule has 3 atom stereocenters. The van der Waals surface area contributed by atoms with Crippen LogP contribution in [-0.2, 0) is 5.41 Å². The van der Waals surface area contributed by atoms with Crippen LogP contribution in [0.3, 0.4) is 0 Å². The van der Waals surface area contributed by atoms with Crippen LogP contribution in [0.1, 0.15) is 36.0 Å². The van der Waals surface area contributed by atoms with Crippen LogP contribution in [0.5, 0.6) is 0 Å². The predicted octanol–water partition coefficient (Wildman–Crippen LogP) is 9.57. The number of aryl methyl sites for hydroxylation is 1. The van der Waals surface area contributed by atoms with Crippen molar-refractivity contribution in [2.75, 3.05) is 0 Å². The molecule has 5 aromatic carbocycles. The number of rotatable bonds is 2. The maximum Gasteiger partial charge on any atom is 0.0182 e. The molecule has 0 aliphatic heterocycles. The SMILES string of the molecule is Cc1ccc(C2C3CC=CC=C3C=C[C@]2(C)c2ccc3c4ccccc4c4ccccc4c3c2)cc1. The summed E-state index contributed by atoms with van der Waals surface area (Å²) in [7, 11) is 0. The fraction of sp³-hybridized carbons (Fsp3) is 0.167. The Bertz CT molecular complexity index is 1690. The van der Waals surface area contributed by atoms with Gasteiger partial charge in [0.15, 0.2) is 0 Å². The van der Waals surface area contributed by atoms with Crippen LogP contribution in [0, 0.1) is 12.8 Å². The molecule has 7 rings (SSSR count). The summed E-state index contributed by atoms with van der Waals surface area (Å²) >= 11 is 0. The summed E-state index contributed by atoms with van der Waals surface area (Å²) in [5, 5.41) is 8.02. The van der Waals surface area contributed by atoms with Crippen LogP contribution in [-0.4, -0.2) is 0 Å². The lowest BCUT2D eigenvalue weighted by molar-refractivity contribution is 0.349. The Balaban J connectivity index is 1.50. The van der Waals surface area contributed by atoms with E-state index in [9.17, 15) is 0 Å². The Morgan fingerprint density at radius 2 is 1.31 bits per heavy atom. The topological polar surface area (TPSA) is 0 Å². The highest BCUT2D eigenvalue weighted by Gasteiger charge is 2.43. The van der Waals surface area contributed by atoms with E-state index in [0.29, 0.717) is 11.8 Å². The van der Waals surface area contributed by atoms with Crippen LogP contribution >= 0.6 is 0 Å². The fourth-order valence-corrected chi connectivity index (χ4v) is 6.83. The van der Waals surface area contributed by atoms with E-state index >= 15 is 0 Å². The van der Waals surface area contributed by atoms with Gasteiger partial charge in [-0.05, 0) is 74.3 Å². The molecular weight excluding hydrogens is 432 g/mol. The molecule has 0 bridgehead atoms. The molecule has 36 heavy (non-hydrogen) atoms. The maximum absolute atomic E-state index is 2.49. The molecule has 0 saturated heterocycles. The summed E-state index contributed by atoms with van der Waals surface area (Å²) in [6.07, 6.45) is 12.8. The van der Waals surface area contributed by atoms with Gasteiger partial charge in [-0.3, -0.25) is 0 Å². The Kier molecular flexibility index (Phi) is 4.79. The van der Waals surface area contributed by atoms with E-state index in [1.54, 1.807) is 0 Å². The molecule has 2 unspecified atom stereocenters. The number of hydrogen-bond acceptors (Lipinski definition) is 0. The van der Waals surface area contributed by atoms with Gasteiger partial charge in [0.05, 0.1) is 0 Å². The van der Waals surface area contributed by atoms with Crippen molar-refractivity contribution in [1.82, 2.24) is 0 Å². The zero-order valence-electron chi connectivity index (χ0n) is 20.9. The molecule has 0 radical (unpaired) electrons. The number of allylic oxidation sites excluding steroid dienone is 6. The van der Waals surface area contributed by atoms with Crippen molar-refractivity contribution in [3.05, 3.63) is 144 Å². The minimum atomic E-state index is -0.108. The molecule has 0 fully saturated rings. The van der Waals surface area contributed by atoms with Crippen molar-refractivity contribution in [2.24, 2.45) is 5.92 Å². The molecule has 0 amide bonds. The van der Waals surface area contributed by atoms with Gasteiger partial charge in [0.2, 0.25) is 0 Å². The summed E-state index contributed by atoms with van der Waals surface area (Å²) in [5.74, 6) is 0.861. The average molecular weight is 463 g/mol. The lowest BCUT2D eigenvalue weighted by atomic mass is 9.58. The quantitative estimate of drug-likeness (QED) is 0.229. The monoisotopic (exact) mass is 462 g/mol. The van der Waals surface area contributed by atoms with Gasteiger partial charge in [0.1, 0.15) is 0 Å². The standard InChI is InChI=1S/C36H30/c1-24-15-17-26(18-16-24)35-28-10-4-3-9-25(28)21-22-36(35,2)27-19-20-33-31-13-6-5-11-29(31)30-12-7-8-14-32(30)34(33)23-27/h3-9,11-23,28,35H,10H2,1-2H3/t28?,35?,36-/m1/s1. The van der Waals surface area contributed by atoms with E-state index in [2.05, 4.69) is 135 Å².